The molecule has 0 saturated carbocycles. The molecule has 1 heterocycles. The first-order chi connectivity index (χ1) is 13.2. The third-order valence-electron chi connectivity index (χ3n) is 4.55. The van der Waals surface area contributed by atoms with Crippen LogP contribution in [0.15, 0.2) is 58.3 Å². The Morgan fingerprint density at radius 2 is 1.71 bits per heavy atom. The standard InChI is InChI=1S/C22H22N2O4/c1-22(2,3)18-12-16(24-10-9-19(26)23-21(24)27)11-17(20(18)28-4)15-7-5-14(13-25)6-8-15/h5-13H,1-4H3,(H,23,26,27). The monoisotopic (exact) mass is 378 g/mol. The van der Waals surface area contributed by atoms with Gasteiger partial charge in [0.1, 0.15) is 12.0 Å². The molecule has 6 nitrogen and oxygen atoms in total. The minimum absolute atomic E-state index is 0.259. The minimum Gasteiger partial charge on any atom is -0.496 e. The number of methoxy groups -OCH3 is 1. The van der Waals surface area contributed by atoms with Gasteiger partial charge in [-0.1, -0.05) is 45.0 Å². The summed E-state index contributed by atoms with van der Waals surface area (Å²) in [7, 11) is 1.61. The van der Waals surface area contributed by atoms with Gasteiger partial charge < -0.3 is 4.74 Å². The molecule has 0 aliphatic heterocycles. The molecule has 0 bridgehead atoms. The van der Waals surface area contributed by atoms with E-state index in [0.717, 1.165) is 23.0 Å². The Bertz CT molecular complexity index is 1130. The number of carbonyl (C=O) groups is 1. The van der Waals surface area contributed by atoms with Crippen LogP contribution in [0.2, 0.25) is 0 Å². The summed E-state index contributed by atoms with van der Waals surface area (Å²) >= 11 is 0. The highest BCUT2D eigenvalue weighted by Crippen LogP contribution is 2.41. The first-order valence-electron chi connectivity index (χ1n) is 8.85. The Labute approximate surface area is 162 Å². The van der Waals surface area contributed by atoms with Crippen LogP contribution in [0.4, 0.5) is 0 Å². The van der Waals surface area contributed by atoms with Crippen molar-refractivity contribution in [3.05, 3.63) is 80.6 Å². The third-order valence-corrected chi connectivity index (χ3v) is 4.55. The molecule has 28 heavy (non-hydrogen) atoms. The van der Waals surface area contributed by atoms with E-state index >= 15 is 0 Å². The molecule has 1 aromatic heterocycles. The van der Waals surface area contributed by atoms with Crippen molar-refractivity contribution in [1.29, 1.82) is 0 Å². The molecule has 0 unspecified atom stereocenters. The molecule has 1 N–H and O–H groups in total. The third kappa shape index (κ3) is 3.67. The highest BCUT2D eigenvalue weighted by molar-refractivity contribution is 5.80. The number of benzene rings is 2. The van der Waals surface area contributed by atoms with E-state index in [-0.39, 0.29) is 5.41 Å². The highest BCUT2D eigenvalue weighted by atomic mass is 16.5. The number of hydrogen-bond acceptors (Lipinski definition) is 4. The van der Waals surface area contributed by atoms with Crippen LogP contribution in [-0.2, 0) is 5.41 Å². The van der Waals surface area contributed by atoms with E-state index in [2.05, 4.69) is 25.8 Å². The van der Waals surface area contributed by atoms with E-state index in [1.165, 1.54) is 16.8 Å². The van der Waals surface area contributed by atoms with Crippen molar-refractivity contribution < 1.29 is 9.53 Å². The Kier molecular flexibility index (Phi) is 5.05. The van der Waals surface area contributed by atoms with E-state index < -0.39 is 11.2 Å². The molecule has 6 heteroatoms. The molecule has 0 fully saturated rings. The van der Waals surface area contributed by atoms with Crippen molar-refractivity contribution in [2.75, 3.05) is 7.11 Å². The molecular weight excluding hydrogens is 356 g/mol. The average molecular weight is 378 g/mol. The fraction of sp³-hybridized carbons (Fsp3) is 0.227. The molecule has 0 aliphatic carbocycles. The lowest BCUT2D eigenvalue weighted by atomic mass is 9.83. The van der Waals surface area contributed by atoms with Crippen LogP contribution in [0.25, 0.3) is 16.8 Å². The summed E-state index contributed by atoms with van der Waals surface area (Å²) in [5, 5.41) is 0. The number of aromatic nitrogens is 2. The normalized spacial score (nSPS) is 11.3. The number of rotatable bonds is 4. The lowest BCUT2D eigenvalue weighted by molar-refractivity contribution is 0.112. The molecule has 0 spiro atoms. The fourth-order valence-corrected chi connectivity index (χ4v) is 3.11. The first-order valence-corrected chi connectivity index (χ1v) is 8.85. The Morgan fingerprint density at radius 3 is 2.25 bits per heavy atom. The number of aldehydes is 1. The molecule has 3 rings (SSSR count). The number of H-pyrrole nitrogens is 1. The van der Waals surface area contributed by atoms with E-state index in [4.69, 9.17) is 4.74 Å². The van der Waals surface area contributed by atoms with Gasteiger partial charge in [-0.05, 0) is 23.1 Å². The topological polar surface area (TPSA) is 81.2 Å². The largest absolute Gasteiger partial charge is 0.496 e. The second kappa shape index (κ2) is 7.31. The van der Waals surface area contributed by atoms with Crippen LogP contribution >= 0.6 is 0 Å². The summed E-state index contributed by atoms with van der Waals surface area (Å²) < 4.78 is 7.13. The van der Waals surface area contributed by atoms with Crippen molar-refractivity contribution in [3.8, 4) is 22.6 Å². The molecule has 0 aliphatic rings. The first kappa shape index (κ1) is 19.4. The van der Waals surface area contributed by atoms with Gasteiger partial charge in [0, 0.05) is 29.0 Å². The zero-order valence-electron chi connectivity index (χ0n) is 16.3. The maximum Gasteiger partial charge on any atom is 0.332 e. The zero-order chi connectivity index (χ0) is 20.5. The van der Waals surface area contributed by atoms with Gasteiger partial charge in [-0.3, -0.25) is 19.1 Å². The predicted molar refractivity (Wildman–Crippen MR) is 109 cm³/mol. The van der Waals surface area contributed by atoms with Gasteiger partial charge in [-0.25, -0.2) is 4.79 Å². The van der Waals surface area contributed by atoms with Gasteiger partial charge in [-0.15, -0.1) is 0 Å². The van der Waals surface area contributed by atoms with Crippen molar-refractivity contribution in [2.24, 2.45) is 0 Å². The van der Waals surface area contributed by atoms with Gasteiger partial charge in [0.05, 0.1) is 12.8 Å². The molecule has 2 aromatic carbocycles. The summed E-state index contributed by atoms with van der Waals surface area (Å²) in [5.74, 6) is 0.701. The van der Waals surface area contributed by atoms with Crippen LogP contribution in [-0.4, -0.2) is 22.9 Å². The Hall–Kier alpha value is -3.41. The second-order valence-corrected chi connectivity index (χ2v) is 7.54. The SMILES string of the molecule is COc1c(-c2ccc(C=O)cc2)cc(-n2ccc(=O)[nH]c2=O)cc1C(C)(C)C. The summed E-state index contributed by atoms with van der Waals surface area (Å²) in [6.07, 6.45) is 2.24. The Balaban J connectivity index is 2.34. The number of carbonyl (C=O) groups excluding carboxylic acids is 1. The van der Waals surface area contributed by atoms with Gasteiger partial charge in [0.15, 0.2) is 0 Å². The van der Waals surface area contributed by atoms with Crippen LogP contribution in [0, 0.1) is 0 Å². The number of aromatic amines is 1. The van der Waals surface area contributed by atoms with Crippen LogP contribution in [0.5, 0.6) is 5.75 Å². The molecule has 3 aromatic rings. The lowest BCUT2D eigenvalue weighted by Crippen LogP contribution is -2.27. The van der Waals surface area contributed by atoms with Gasteiger partial charge in [0.2, 0.25) is 0 Å². The number of hydrogen-bond donors (Lipinski definition) is 1. The fourth-order valence-electron chi connectivity index (χ4n) is 3.11. The molecule has 0 amide bonds. The van der Waals surface area contributed by atoms with Crippen molar-refractivity contribution >= 4 is 6.29 Å². The summed E-state index contributed by atoms with van der Waals surface area (Å²) in [6.45, 7) is 6.18. The van der Waals surface area contributed by atoms with Crippen LogP contribution in [0.1, 0.15) is 36.7 Å². The van der Waals surface area contributed by atoms with Crippen LogP contribution < -0.4 is 16.0 Å². The van der Waals surface area contributed by atoms with Crippen molar-refractivity contribution in [3.63, 3.8) is 0 Å². The number of nitrogens with one attached hydrogen (secondary N) is 1. The summed E-state index contributed by atoms with van der Waals surface area (Å²) in [5.41, 5.74) is 2.53. The Morgan fingerprint density at radius 1 is 1.04 bits per heavy atom. The predicted octanol–water partition coefficient (Wildman–Crippen LogP) is 3.31. The number of ether oxygens (including phenoxy) is 1. The molecule has 0 saturated heterocycles. The van der Waals surface area contributed by atoms with Crippen LogP contribution in [0.3, 0.4) is 0 Å². The lowest BCUT2D eigenvalue weighted by Gasteiger charge is -2.25. The maximum absolute atomic E-state index is 12.3. The quantitative estimate of drug-likeness (QED) is 0.706. The smallest absolute Gasteiger partial charge is 0.332 e. The average Bonchev–Trinajstić information content (AvgIpc) is 2.66. The zero-order valence-corrected chi connectivity index (χ0v) is 16.3. The van der Waals surface area contributed by atoms with Crippen molar-refractivity contribution in [2.45, 2.75) is 26.2 Å². The summed E-state index contributed by atoms with van der Waals surface area (Å²) in [4.78, 5) is 37.0. The van der Waals surface area contributed by atoms with Gasteiger partial charge in [-0.2, -0.15) is 0 Å². The van der Waals surface area contributed by atoms with E-state index in [1.807, 2.05) is 24.3 Å². The van der Waals surface area contributed by atoms with Gasteiger partial charge in [0.25, 0.3) is 5.56 Å². The maximum atomic E-state index is 12.3. The van der Waals surface area contributed by atoms with E-state index in [0.29, 0.717) is 17.0 Å². The minimum atomic E-state index is -0.514. The van der Waals surface area contributed by atoms with Crippen molar-refractivity contribution in [1.82, 2.24) is 9.55 Å². The second-order valence-electron chi connectivity index (χ2n) is 7.54. The summed E-state index contributed by atoms with van der Waals surface area (Å²) in [6, 6.07) is 12.2. The molecule has 0 atom stereocenters. The highest BCUT2D eigenvalue weighted by Gasteiger charge is 2.24. The van der Waals surface area contributed by atoms with E-state index in [1.54, 1.807) is 19.2 Å². The molecule has 144 valence electrons. The molecule has 0 radical (unpaired) electrons. The van der Waals surface area contributed by atoms with Gasteiger partial charge >= 0.3 is 5.69 Å². The number of nitrogens with zero attached hydrogens (tertiary/aromatic N) is 1. The van der Waals surface area contributed by atoms with E-state index in [9.17, 15) is 14.4 Å². The molecular formula is C22H22N2O4.